The van der Waals surface area contributed by atoms with Crippen molar-refractivity contribution in [1.82, 2.24) is 5.43 Å². The van der Waals surface area contributed by atoms with Crippen LogP contribution in [-0.4, -0.2) is 13.2 Å². The van der Waals surface area contributed by atoms with Gasteiger partial charge in [0, 0.05) is 10.5 Å². The lowest BCUT2D eigenvalue weighted by Gasteiger charge is -2.23. The molecular weight excluding hydrogens is 292 g/mol. The largest absolute Gasteiger partial charge is 0.496 e. The molecule has 0 radical (unpaired) electrons. The van der Waals surface area contributed by atoms with E-state index in [0.717, 1.165) is 16.6 Å². The molecule has 2 rings (SSSR count). The van der Waals surface area contributed by atoms with Crippen LogP contribution in [0.1, 0.15) is 31.2 Å². The Morgan fingerprint density at radius 1 is 1.44 bits per heavy atom. The van der Waals surface area contributed by atoms with Crippen LogP contribution < -0.4 is 16.0 Å². The highest BCUT2D eigenvalue weighted by atomic mass is 79.9. The Morgan fingerprint density at radius 2 is 2.17 bits per heavy atom. The molecule has 1 aliphatic rings. The van der Waals surface area contributed by atoms with Crippen molar-refractivity contribution in [1.29, 1.82) is 0 Å². The van der Waals surface area contributed by atoms with Gasteiger partial charge in [-0.1, -0.05) is 28.8 Å². The molecule has 0 saturated heterocycles. The highest BCUT2D eigenvalue weighted by Gasteiger charge is 2.25. The summed E-state index contributed by atoms with van der Waals surface area (Å²) in [6.07, 6.45) is 6.15. The SMILES string of the molecule is COc1ccc(Br)cc1CC(NN)C1CCCC1. The second kappa shape index (κ2) is 6.55. The Balaban J connectivity index is 2.12. The summed E-state index contributed by atoms with van der Waals surface area (Å²) in [6.45, 7) is 0. The average molecular weight is 313 g/mol. The number of benzene rings is 1. The summed E-state index contributed by atoms with van der Waals surface area (Å²) in [5, 5.41) is 0. The number of rotatable bonds is 5. The van der Waals surface area contributed by atoms with Gasteiger partial charge in [0.2, 0.25) is 0 Å². The van der Waals surface area contributed by atoms with Gasteiger partial charge in [-0.2, -0.15) is 0 Å². The number of nitrogens with two attached hydrogens (primary N) is 1. The van der Waals surface area contributed by atoms with Crippen LogP contribution in [0.3, 0.4) is 0 Å². The van der Waals surface area contributed by atoms with Crippen molar-refractivity contribution in [3.05, 3.63) is 28.2 Å². The number of methoxy groups -OCH3 is 1. The zero-order chi connectivity index (χ0) is 13.0. The minimum absolute atomic E-state index is 0.343. The molecule has 0 heterocycles. The summed E-state index contributed by atoms with van der Waals surface area (Å²) in [6, 6.07) is 6.47. The Hall–Kier alpha value is -0.580. The predicted molar refractivity (Wildman–Crippen MR) is 77.5 cm³/mol. The van der Waals surface area contributed by atoms with Gasteiger partial charge in [-0.3, -0.25) is 11.3 Å². The van der Waals surface area contributed by atoms with Gasteiger partial charge < -0.3 is 4.74 Å². The van der Waals surface area contributed by atoms with E-state index in [9.17, 15) is 0 Å². The second-order valence-corrected chi connectivity index (χ2v) is 5.89. The van der Waals surface area contributed by atoms with Gasteiger partial charge in [0.1, 0.15) is 5.75 Å². The van der Waals surface area contributed by atoms with Crippen molar-refractivity contribution < 1.29 is 4.74 Å². The van der Waals surface area contributed by atoms with Crippen molar-refractivity contribution in [2.75, 3.05) is 7.11 Å². The van der Waals surface area contributed by atoms with Crippen molar-refractivity contribution in [2.45, 2.75) is 38.1 Å². The molecule has 4 heteroatoms. The van der Waals surface area contributed by atoms with E-state index in [4.69, 9.17) is 10.6 Å². The smallest absolute Gasteiger partial charge is 0.122 e. The fourth-order valence-corrected chi connectivity index (χ4v) is 3.27. The fraction of sp³-hybridized carbons (Fsp3) is 0.571. The lowest BCUT2D eigenvalue weighted by Crippen LogP contribution is -2.41. The Bertz CT molecular complexity index is 391. The number of halogens is 1. The molecule has 1 saturated carbocycles. The standard InChI is InChI=1S/C14H21BrN2O/c1-18-14-7-6-12(15)8-11(14)9-13(17-16)10-4-2-3-5-10/h6-8,10,13,17H,2-5,9,16H2,1H3. The Labute approximate surface area is 117 Å². The maximum absolute atomic E-state index is 5.73. The van der Waals surface area contributed by atoms with Crippen LogP contribution in [0.15, 0.2) is 22.7 Å². The molecule has 18 heavy (non-hydrogen) atoms. The van der Waals surface area contributed by atoms with E-state index in [1.807, 2.05) is 12.1 Å². The van der Waals surface area contributed by atoms with Crippen LogP contribution in [0.25, 0.3) is 0 Å². The predicted octanol–water partition coefficient (Wildman–Crippen LogP) is 3.02. The highest BCUT2D eigenvalue weighted by molar-refractivity contribution is 9.10. The van der Waals surface area contributed by atoms with Gasteiger partial charge in [-0.25, -0.2) is 0 Å². The summed E-state index contributed by atoms with van der Waals surface area (Å²) >= 11 is 3.51. The van der Waals surface area contributed by atoms with Crippen molar-refractivity contribution in [3.63, 3.8) is 0 Å². The number of hydrogen-bond acceptors (Lipinski definition) is 3. The van der Waals surface area contributed by atoms with E-state index in [0.29, 0.717) is 12.0 Å². The summed E-state index contributed by atoms with van der Waals surface area (Å²) in [7, 11) is 1.72. The molecule has 3 nitrogen and oxygen atoms in total. The molecule has 0 aliphatic heterocycles. The third kappa shape index (κ3) is 3.25. The van der Waals surface area contributed by atoms with Gasteiger partial charge >= 0.3 is 0 Å². The zero-order valence-corrected chi connectivity index (χ0v) is 12.4. The molecule has 1 unspecified atom stereocenters. The minimum atomic E-state index is 0.343. The van der Waals surface area contributed by atoms with Gasteiger partial charge in [0.05, 0.1) is 7.11 Å². The first-order chi connectivity index (χ1) is 8.74. The number of hydrogen-bond donors (Lipinski definition) is 2. The molecule has 0 amide bonds. The molecule has 1 atom stereocenters. The molecule has 0 bridgehead atoms. The summed E-state index contributed by atoms with van der Waals surface area (Å²) in [4.78, 5) is 0. The first-order valence-electron chi connectivity index (χ1n) is 6.53. The zero-order valence-electron chi connectivity index (χ0n) is 10.8. The second-order valence-electron chi connectivity index (χ2n) is 4.98. The first kappa shape index (κ1) is 13.8. The normalized spacial score (nSPS) is 17.9. The summed E-state index contributed by atoms with van der Waals surface area (Å²) < 4.78 is 6.50. The Morgan fingerprint density at radius 3 is 2.78 bits per heavy atom. The third-order valence-electron chi connectivity index (χ3n) is 3.87. The van der Waals surface area contributed by atoms with E-state index < -0.39 is 0 Å². The van der Waals surface area contributed by atoms with Crippen LogP contribution in [0.5, 0.6) is 5.75 Å². The monoisotopic (exact) mass is 312 g/mol. The number of hydrazine groups is 1. The summed E-state index contributed by atoms with van der Waals surface area (Å²) in [5.41, 5.74) is 4.20. The molecular formula is C14H21BrN2O. The van der Waals surface area contributed by atoms with Crippen LogP contribution in [0.2, 0.25) is 0 Å². The quantitative estimate of drug-likeness (QED) is 0.649. The van der Waals surface area contributed by atoms with Crippen molar-refractivity contribution in [3.8, 4) is 5.75 Å². The molecule has 1 aromatic rings. The minimum Gasteiger partial charge on any atom is -0.496 e. The molecule has 1 aromatic carbocycles. The van der Waals surface area contributed by atoms with E-state index in [-0.39, 0.29) is 0 Å². The van der Waals surface area contributed by atoms with Crippen LogP contribution in [-0.2, 0) is 6.42 Å². The number of nitrogens with one attached hydrogen (secondary N) is 1. The fourth-order valence-electron chi connectivity index (χ4n) is 2.87. The van der Waals surface area contributed by atoms with E-state index >= 15 is 0 Å². The van der Waals surface area contributed by atoms with Gasteiger partial charge in [-0.05, 0) is 48.9 Å². The summed E-state index contributed by atoms with van der Waals surface area (Å²) in [5.74, 6) is 7.36. The molecule has 1 aliphatic carbocycles. The lowest BCUT2D eigenvalue weighted by molar-refractivity contribution is 0.352. The molecule has 3 N–H and O–H groups in total. The first-order valence-corrected chi connectivity index (χ1v) is 7.32. The average Bonchev–Trinajstić information content (AvgIpc) is 2.90. The van der Waals surface area contributed by atoms with Crippen LogP contribution >= 0.6 is 15.9 Å². The lowest BCUT2D eigenvalue weighted by atomic mass is 9.92. The van der Waals surface area contributed by atoms with Gasteiger partial charge in [-0.15, -0.1) is 0 Å². The molecule has 1 fully saturated rings. The maximum Gasteiger partial charge on any atom is 0.122 e. The van der Waals surface area contributed by atoms with Crippen molar-refractivity contribution >= 4 is 15.9 Å². The Kier molecular flexibility index (Phi) is 5.03. The van der Waals surface area contributed by atoms with E-state index in [1.54, 1.807) is 7.11 Å². The molecule has 0 spiro atoms. The van der Waals surface area contributed by atoms with Crippen LogP contribution in [0.4, 0.5) is 0 Å². The third-order valence-corrected chi connectivity index (χ3v) is 4.36. The van der Waals surface area contributed by atoms with Gasteiger partial charge in [0.15, 0.2) is 0 Å². The van der Waals surface area contributed by atoms with E-state index in [1.165, 1.54) is 31.2 Å². The maximum atomic E-state index is 5.73. The topological polar surface area (TPSA) is 47.3 Å². The molecule has 0 aromatic heterocycles. The molecule has 100 valence electrons. The van der Waals surface area contributed by atoms with Crippen LogP contribution in [0, 0.1) is 5.92 Å². The van der Waals surface area contributed by atoms with Crippen molar-refractivity contribution in [2.24, 2.45) is 11.8 Å². The van der Waals surface area contributed by atoms with E-state index in [2.05, 4.69) is 27.4 Å². The van der Waals surface area contributed by atoms with Gasteiger partial charge in [0.25, 0.3) is 0 Å². The number of ether oxygens (including phenoxy) is 1. The highest BCUT2D eigenvalue weighted by Crippen LogP contribution is 2.31.